The molecular formula is C15H14FNS. The van der Waals surface area contributed by atoms with E-state index in [9.17, 15) is 4.39 Å². The number of nitrogens with two attached hydrogens (primary N) is 1. The molecule has 2 aromatic rings. The molecular weight excluding hydrogens is 245 g/mol. The number of fused-ring (bicyclic) bond motifs is 1. The molecule has 0 aromatic heterocycles. The minimum Gasteiger partial charge on any atom is -0.323 e. The van der Waals surface area contributed by atoms with E-state index in [-0.39, 0.29) is 17.8 Å². The van der Waals surface area contributed by atoms with Crippen molar-refractivity contribution in [1.82, 2.24) is 0 Å². The quantitative estimate of drug-likeness (QED) is 0.889. The average Bonchev–Trinajstić information content (AvgIpc) is 2.82. The van der Waals surface area contributed by atoms with Crippen LogP contribution in [0.25, 0.3) is 0 Å². The van der Waals surface area contributed by atoms with Crippen LogP contribution in [0.1, 0.15) is 23.1 Å². The van der Waals surface area contributed by atoms with E-state index in [1.165, 1.54) is 16.5 Å². The normalized spacial score (nSPS) is 19.6. The van der Waals surface area contributed by atoms with Gasteiger partial charge in [-0.15, -0.1) is 11.8 Å². The average molecular weight is 259 g/mol. The van der Waals surface area contributed by atoms with E-state index in [1.54, 1.807) is 23.9 Å². The molecule has 0 bridgehead atoms. The Balaban J connectivity index is 1.96. The molecule has 2 N–H and O–H groups in total. The van der Waals surface area contributed by atoms with Crippen LogP contribution in [-0.2, 0) is 0 Å². The van der Waals surface area contributed by atoms with Crippen molar-refractivity contribution in [3.63, 3.8) is 0 Å². The third-order valence-corrected chi connectivity index (χ3v) is 4.64. The lowest BCUT2D eigenvalue weighted by atomic mass is 9.89. The zero-order valence-corrected chi connectivity index (χ0v) is 10.7. The highest BCUT2D eigenvalue weighted by Gasteiger charge is 2.30. The molecule has 0 radical (unpaired) electrons. The Morgan fingerprint density at radius 3 is 2.67 bits per heavy atom. The van der Waals surface area contributed by atoms with E-state index in [0.29, 0.717) is 5.56 Å². The molecule has 0 fully saturated rings. The number of rotatable bonds is 2. The van der Waals surface area contributed by atoms with Gasteiger partial charge >= 0.3 is 0 Å². The summed E-state index contributed by atoms with van der Waals surface area (Å²) in [6.07, 6.45) is 0. The lowest BCUT2D eigenvalue weighted by molar-refractivity contribution is 0.544. The van der Waals surface area contributed by atoms with Crippen LogP contribution < -0.4 is 5.73 Å². The zero-order valence-electron chi connectivity index (χ0n) is 9.84. The summed E-state index contributed by atoms with van der Waals surface area (Å²) in [4.78, 5) is 1.27. The number of hydrogen-bond donors (Lipinski definition) is 1. The summed E-state index contributed by atoms with van der Waals surface area (Å²) in [6.45, 7) is 0. The van der Waals surface area contributed by atoms with Gasteiger partial charge in [-0.2, -0.15) is 0 Å². The molecule has 2 unspecified atom stereocenters. The first-order valence-electron chi connectivity index (χ1n) is 5.99. The van der Waals surface area contributed by atoms with E-state index < -0.39 is 0 Å². The monoisotopic (exact) mass is 259 g/mol. The van der Waals surface area contributed by atoms with E-state index in [4.69, 9.17) is 5.73 Å². The zero-order chi connectivity index (χ0) is 12.5. The highest BCUT2D eigenvalue weighted by molar-refractivity contribution is 7.99. The largest absolute Gasteiger partial charge is 0.323 e. The molecule has 1 aliphatic rings. The van der Waals surface area contributed by atoms with Crippen molar-refractivity contribution in [2.75, 3.05) is 5.75 Å². The summed E-state index contributed by atoms with van der Waals surface area (Å²) in [6, 6.07) is 14.8. The Morgan fingerprint density at radius 1 is 1.11 bits per heavy atom. The fraction of sp³-hybridized carbons (Fsp3) is 0.200. The van der Waals surface area contributed by atoms with E-state index in [2.05, 4.69) is 12.1 Å². The predicted octanol–water partition coefficient (Wildman–Crippen LogP) is 3.72. The second-order valence-electron chi connectivity index (χ2n) is 4.50. The van der Waals surface area contributed by atoms with Gasteiger partial charge in [-0.3, -0.25) is 0 Å². The third kappa shape index (κ3) is 1.93. The lowest BCUT2D eigenvalue weighted by Crippen LogP contribution is -2.21. The Bertz CT molecular complexity index is 570. The Hall–Kier alpha value is -1.32. The number of halogens is 1. The highest BCUT2D eigenvalue weighted by atomic mass is 32.2. The van der Waals surface area contributed by atoms with Crippen molar-refractivity contribution in [1.29, 1.82) is 0 Å². The molecule has 2 aromatic carbocycles. The fourth-order valence-electron chi connectivity index (χ4n) is 2.45. The molecule has 1 aliphatic heterocycles. The van der Waals surface area contributed by atoms with E-state index in [1.807, 2.05) is 18.2 Å². The van der Waals surface area contributed by atoms with Gasteiger partial charge in [0.15, 0.2) is 0 Å². The number of thioether (sulfide) groups is 1. The second kappa shape index (κ2) is 4.75. The molecule has 0 saturated heterocycles. The Kier molecular flexibility index (Phi) is 3.10. The van der Waals surface area contributed by atoms with Crippen LogP contribution in [0.2, 0.25) is 0 Å². The van der Waals surface area contributed by atoms with Gasteiger partial charge in [0.05, 0.1) is 0 Å². The maximum Gasteiger partial charge on any atom is 0.127 e. The molecule has 3 heteroatoms. The summed E-state index contributed by atoms with van der Waals surface area (Å²) in [5, 5.41) is 0. The van der Waals surface area contributed by atoms with E-state index >= 15 is 0 Å². The standard InChI is InChI=1S/C15H14FNS/c16-13-7-3-1-6-11(13)15(17)12-9-18-14-8-4-2-5-10(12)14/h1-8,12,15H,9,17H2. The summed E-state index contributed by atoms with van der Waals surface area (Å²) in [5.41, 5.74) is 8.12. The van der Waals surface area contributed by atoms with Crippen LogP contribution in [0.3, 0.4) is 0 Å². The van der Waals surface area contributed by atoms with Crippen LogP contribution in [0.15, 0.2) is 53.4 Å². The first-order valence-corrected chi connectivity index (χ1v) is 6.97. The lowest BCUT2D eigenvalue weighted by Gasteiger charge is -2.20. The van der Waals surface area contributed by atoms with Gasteiger partial charge in [0.1, 0.15) is 5.82 Å². The molecule has 92 valence electrons. The Morgan fingerprint density at radius 2 is 1.83 bits per heavy atom. The van der Waals surface area contributed by atoms with Gasteiger partial charge in [0.2, 0.25) is 0 Å². The van der Waals surface area contributed by atoms with Gasteiger partial charge in [-0.05, 0) is 17.7 Å². The molecule has 0 spiro atoms. The molecule has 1 nitrogen and oxygen atoms in total. The van der Waals surface area contributed by atoms with Gasteiger partial charge in [0.25, 0.3) is 0 Å². The summed E-state index contributed by atoms with van der Waals surface area (Å²) in [7, 11) is 0. The van der Waals surface area contributed by atoms with Crippen molar-refractivity contribution < 1.29 is 4.39 Å². The molecule has 1 heterocycles. The van der Waals surface area contributed by atoms with Crippen molar-refractivity contribution >= 4 is 11.8 Å². The van der Waals surface area contributed by atoms with Gasteiger partial charge < -0.3 is 5.73 Å². The van der Waals surface area contributed by atoms with Gasteiger partial charge in [-0.25, -0.2) is 4.39 Å². The molecule has 3 rings (SSSR count). The summed E-state index contributed by atoms with van der Waals surface area (Å²) < 4.78 is 13.8. The van der Waals surface area contributed by atoms with Crippen LogP contribution in [-0.4, -0.2) is 5.75 Å². The topological polar surface area (TPSA) is 26.0 Å². The van der Waals surface area contributed by atoms with E-state index in [0.717, 1.165) is 5.75 Å². The van der Waals surface area contributed by atoms with Crippen molar-refractivity contribution in [3.05, 3.63) is 65.5 Å². The Labute approximate surface area is 110 Å². The first kappa shape index (κ1) is 11.8. The minimum absolute atomic E-state index is 0.197. The minimum atomic E-state index is -0.276. The van der Waals surface area contributed by atoms with Crippen LogP contribution in [0.5, 0.6) is 0 Å². The summed E-state index contributed by atoms with van der Waals surface area (Å²) in [5.74, 6) is 0.914. The third-order valence-electron chi connectivity index (χ3n) is 3.43. The smallest absolute Gasteiger partial charge is 0.127 e. The van der Waals surface area contributed by atoms with Crippen LogP contribution in [0.4, 0.5) is 4.39 Å². The number of hydrogen-bond acceptors (Lipinski definition) is 2. The molecule has 2 atom stereocenters. The molecule has 18 heavy (non-hydrogen) atoms. The van der Waals surface area contributed by atoms with Crippen LogP contribution >= 0.6 is 11.8 Å². The van der Waals surface area contributed by atoms with Gasteiger partial charge in [-0.1, -0.05) is 36.4 Å². The van der Waals surface area contributed by atoms with Crippen molar-refractivity contribution in [3.8, 4) is 0 Å². The fourth-order valence-corrected chi connectivity index (χ4v) is 3.75. The maximum atomic E-state index is 13.8. The molecule has 0 amide bonds. The second-order valence-corrected chi connectivity index (χ2v) is 5.56. The highest BCUT2D eigenvalue weighted by Crippen LogP contribution is 2.44. The van der Waals surface area contributed by atoms with Crippen molar-refractivity contribution in [2.45, 2.75) is 16.9 Å². The SMILES string of the molecule is NC(c1ccccc1F)C1CSc2ccccc21. The first-order chi connectivity index (χ1) is 8.77. The molecule has 0 saturated carbocycles. The maximum absolute atomic E-state index is 13.8. The predicted molar refractivity (Wildman–Crippen MR) is 73.2 cm³/mol. The van der Waals surface area contributed by atoms with Crippen LogP contribution in [0, 0.1) is 5.82 Å². The summed E-state index contributed by atoms with van der Waals surface area (Å²) >= 11 is 1.80. The van der Waals surface area contributed by atoms with Gasteiger partial charge in [0, 0.05) is 28.2 Å². The number of benzene rings is 2. The van der Waals surface area contributed by atoms with Crippen molar-refractivity contribution in [2.24, 2.45) is 5.73 Å². The molecule has 0 aliphatic carbocycles.